The maximum absolute atomic E-state index is 13.1. The molecule has 0 aliphatic carbocycles. The Morgan fingerprint density at radius 3 is 2.31 bits per heavy atom. The largest absolute Gasteiger partial charge is 0.462 e. The van der Waals surface area contributed by atoms with E-state index in [1.54, 1.807) is 13.8 Å². The van der Waals surface area contributed by atoms with Crippen molar-refractivity contribution in [2.24, 2.45) is 0 Å². The standard InChI is InChI=1S/C23H23FN2O3/c1-4-29-23(28)21-15(2)22(17-8-6-5-7-9-17)26(16(21)3)14-20(27)25-19-12-10-18(24)11-13-19/h5-13H,4,14H2,1-3H3,(H,25,27). The molecule has 1 N–H and O–H groups in total. The summed E-state index contributed by atoms with van der Waals surface area (Å²) in [5, 5.41) is 2.76. The summed E-state index contributed by atoms with van der Waals surface area (Å²) in [5.74, 6) is -1.05. The molecular weight excluding hydrogens is 371 g/mol. The Morgan fingerprint density at radius 2 is 1.69 bits per heavy atom. The third-order valence-corrected chi connectivity index (χ3v) is 4.72. The van der Waals surface area contributed by atoms with E-state index < -0.39 is 5.97 Å². The lowest BCUT2D eigenvalue weighted by atomic mass is 10.1. The van der Waals surface area contributed by atoms with E-state index >= 15 is 0 Å². The van der Waals surface area contributed by atoms with Gasteiger partial charge in [-0.1, -0.05) is 30.3 Å². The topological polar surface area (TPSA) is 60.3 Å². The minimum Gasteiger partial charge on any atom is -0.462 e. The number of rotatable bonds is 6. The predicted molar refractivity (Wildman–Crippen MR) is 110 cm³/mol. The fourth-order valence-electron chi connectivity index (χ4n) is 3.44. The van der Waals surface area contributed by atoms with Gasteiger partial charge in [0, 0.05) is 11.4 Å². The zero-order valence-corrected chi connectivity index (χ0v) is 16.7. The van der Waals surface area contributed by atoms with E-state index in [0.717, 1.165) is 16.8 Å². The zero-order valence-electron chi connectivity index (χ0n) is 16.7. The highest BCUT2D eigenvalue weighted by atomic mass is 19.1. The number of amides is 1. The quantitative estimate of drug-likeness (QED) is 0.615. The fourth-order valence-corrected chi connectivity index (χ4v) is 3.44. The Labute approximate surface area is 169 Å². The first-order chi connectivity index (χ1) is 13.9. The van der Waals surface area contributed by atoms with Crippen LogP contribution in [0.25, 0.3) is 11.3 Å². The van der Waals surface area contributed by atoms with Crippen LogP contribution < -0.4 is 5.32 Å². The summed E-state index contributed by atoms with van der Waals surface area (Å²) in [6.07, 6.45) is 0. The molecule has 3 rings (SSSR count). The van der Waals surface area contributed by atoms with Crippen molar-refractivity contribution < 1.29 is 18.7 Å². The summed E-state index contributed by atoms with van der Waals surface area (Å²) in [7, 11) is 0. The van der Waals surface area contributed by atoms with Gasteiger partial charge >= 0.3 is 5.97 Å². The number of carbonyl (C=O) groups is 2. The Morgan fingerprint density at radius 1 is 1.03 bits per heavy atom. The third kappa shape index (κ3) is 4.37. The van der Waals surface area contributed by atoms with Crippen molar-refractivity contribution in [3.8, 4) is 11.3 Å². The lowest BCUT2D eigenvalue weighted by Gasteiger charge is -2.13. The normalized spacial score (nSPS) is 10.6. The molecule has 0 radical (unpaired) electrons. The highest BCUT2D eigenvalue weighted by molar-refractivity contribution is 5.96. The number of hydrogen-bond acceptors (Lipinski definition) is 3. The number of carbonyl (C=O) groups excluding carboxylic acids is 2. The SMILES string of the molecule is CCOC(=O)c1c(C)c(-c2ccccc2)n(CC(=O)Nc2ccc(F)cc2)c1C. The first-order valence-corrected chi connectivity index (χ1v) is 9.40. The summed E-state index contributed by atoms with van der Waals surface area (Å²) in [6, 6.07) is 15.2. The molecule has 2 aromatic carbocycles. The first kappa shape index (κ1) is 20.3. The summed E-state index contributed by atoms with van der Waals surface area (Å²) >= 11 is 0. The molecule has 0 saturated heterocycles. The van der Waals surface area contributed by atoms with E-state index in [2.05, 4.69) is 5.32 Å². The monoisotopic (exact) mass is 394 g/mol. The summed E-state index contributed by atoms with van der Waals surface area (Å²) < 4.78 is 20.1. The maximum Gasteiger partial charge on any atom is 0.340 e. The van der Waals surface area contributed by atoms with Gasteiger partial charge in [-0.3, -0.25) is 4.79 Å². The average molecular weight is 394 g/mol. The van der Waals surface area contributed by atoms with E-state index in [1.165, 1.54) is 24.3 Å². The second kappa shape index (κ2) is 8.73. The van der Waals surface area contributed by atoms with E-state index in [1.807, 2.05) is 41.8 Å². The zero-order chi connectivity index (χ0) is 21.0. The van der Waals surface area contributed by atoms with Crippen molar-refractivity contribution >= 4 is 17.6 Å². The molecule has 0 spiro atoms. The summed E-state index contributed by atoms with van der Waals surface area (Å²) in [4.78, 5) is 25.2. The molecule has 5 nitrogen and oxygen atoms in total. The molecule has 29 heavy (non-hydrogen) atoms. The Hall–Kier alpha value is -3.41. The molecule has 150 valence electrons. The van der Waals surface area contributed by atoms with Crippen molar-refractivity contribution in [3.05, 3.63) is 77.2 Å². The molecule has 0 aliphatic heterocycles. The maximum atomic E-state index is 13.1. The molecule has 0 aliphatic rings. The van der Waals surface area contributed by atoms with E-state index in [0.29, 0.717) is 16.9 Å². The van der Waals surface area contributed by atoms with Gasteiger partial charge in [0.05, 0.1) is 17.9 Å². The van der Waals surface area contributed by atoms with Gasteiger partial charge < -0.3 is 14.6 Å². The van der Waals surface area contributed by atoms with Gasteiger partial charge in [0.25, 0.3) is 0 Å². The minimum absolute atomic E-state index is 0.00762. The van der Waals surface area contributed by atoms with Crippen LogP contribution in [0.5, 0.6) is 0 Å². The molecule has 0 bridgehead atoms. The molecule has 0 unspecified atom stereocenters. The fraction of sp³-hybridized carbons (Fsp3) is 0.217. The second-order valence-corrected chi connectivity index (χ2v) is 6.66. The number of nitrogens with one attached hydrogen (secondary N) is 1. The first-order valence-electron chi connectivity index (χ1n) is 9.40. The van der Waals surface area contributed by atoms with Crippen LogP contribution in [-0.2, 0) is 16.1 Å². The van der Waals surface area contributed by atoms with Crippen molar-refractivity contribution in [3.63, 3.8) is 0 Å². The molecule has 1 aromatic heterocycles. The number of halogens is 1. The van der Waals surface area contributed by atoms with E-state index in [-0.39, 0.29) is 24.9 Å². The number of esters is 1. The Balaban J connectivity index is 1.99. The molecule has 1 heterocycles. The molecule has 0 fully saturated rings. The van der Waals surface area contributed by atoms with Gasteiger partial charge in [-0.05, 0) is 56.2 Å². The number of ether oxygens (including phenoxy) is 1. The Kier molecular flexibility index (Phi) is 6.12. The van der Waals surface area contributed by atoms with Crippen molar-refractivity contribution in [1.29, 1.82) is 0 Å². The number of nitrogens with zero attached hydrogens (tertiary/aromatic N) is 1. The molecule has 1 amide bonds. The van der Waals surface area contributed by atoms with Crippen LogP contribution in [0.2, 0.25) is 0 Å². The summed E-state index contributed by atoms with van der Waals surface area (Å²) in [6.45, 7) is 5.70. The number of benzene rings is 2. The van der Waals surface area contributed by atoms with E-state index in [9.17, 15) is 14.0 Å². The van der Waals surface area contributed by atoms with Crippen LogP contribution in [0.15, 0.2) is 54.6 Å². The van der Waals surface area contributed by atoms with Crippen LogP contribution in [-0.4, -0.2) is 23.1 Å². The number of aromatic nitrogens is 1. The lowest BCUT2D eigenvalue weighted by Crippen LogP contribution is -2.20. The van der Waals surface area contributed by atoms with Gasteiger partial charge in [0.1, 0.15) is 12.4 Å². The summed E-state index contributed by atoms with van der Waals surface area (Å²) in [5.41, 5.74) is 4.10. The molecule has 0 saturated carbocycles. The van der Waals surface area contributed by atoms with Crippen LogP contribution in [0.1, 0.15) is 28.5 Å². The van der Waals surface area contributed by atoms with Gasteiger partial charge in [-0.25, -0.2) is 9.18 Å². The van der Waals surface area contributed by atoms with Gasteiger partial charge in [-0.2, -0.15) is 0 Å². The molecule has 6 heteroatoms. The molecular formula is C23H23FN2O3. The van der Waals surface area contributed by atoms with Gasteiger partial charge in [0.2, 0.25) is 5.91 Å². The highest BCUT2D eigenvalue weighted by Gasteiger charge is 2.25. The van der Waals surface area contributed by atoms with Gasteiger partial charge in [-0.15, -0.1) is 0 Å². The van der Waals surface area contributed by atoms with E-state index in [4.69, 9.17) is 4.74 Å². The van der Waals surface area contributed by atoms with Crippen molar-refractivity contribution in [2.45, 2.75) is 27.3 Å². The number of hydrogen-bond donors (Lipinski definition) is 1. The highest BCUT2D eigenvalue weighted by Crippen LogP contribution is 2.31. The average Bonchev–Trinajstić information content (AvgIpc) is 2.94. The molecule has 3 aromatic rings. The van der Waals surface area contributed by atoms with Crippen molar-refractivity contribution in [1.82, 2.24) is 4.57 Å². The van der Waals surface area contributed by atoms with Crippen LogP contribution in [0.4, 0.5) is 10.1 Å². The molecule has 0 atom stereocenters. The van der Waals surface area contributed by atoms with Crippen LogP contribution in [0.3, 0.4) is 0 Å². The number of anilines is 1. The minimum atomic E-state index is -0.405. The van der Waals surface area contributed by atoms with Crippen molar-refractivity contribution in [2.75, 3.05) is 11.9 Å². The third-order valence-electron chi connectivity index (χ3n) is 4.72. The van der Waals surface area contributed by atoms with Crippen LogP contribution in [0, 0.1) is 19.7 Å². The van der Waals surface area contributed by atoms with Crippen LogP contribution >= 0.6 is 0 Å². The lowest BCUT2D eigenvalue weighted by molar-refractivity contribution is -0.116. The smallest absolute Gasteiger partial charge is 0.340 e. The van der Waals surface area contributed by atoms with Gasteiger partial charge in [0.15, 0.2) is 0 Å². The predicted octanol–water partition coefficient (Wildman–Crippen LogP) is 4.73. The second-order valence-electron chi connectivity index (χ2n) is 6.66. The Bertz CT molecular complexity index is 1020.